The van der Waals surface area contributed by atoms with Crippen LogP contribution >= 0.6 is 0 Å². The number of nitrogens with two attached hydrogens (primary N) is 2. The summed E-state index contributed by atoms with van der Waals surface area (Å²) in [6, 6.07) is 15.5. The number of nitrogen functional groups attached to an aromatic ring is 2. The van der Waals surface area contributed by atoms with Crippen molar-refractivity contribution in [2.24, 2.45) is 0 Å². The molecule has 0 aliphatic heterocycles. The van der Waals surface area contributed by atoms with E-state index in [2.05, 4.69) is 9.44 Å². The Hall–Kier alpha value is -3.44. The minimum absolute atomic E-state index is 0.00908. The molecule has 0 atom stereocenters. The molecule has 0 heterocycles. The van der Waals surface area contributed by atoms with Gasteiger partial charge in [-0.1, -0.05) is 0 Å². The zero-order chi connectivity index (χ0) is 21.9. The van der Waals surface area contributed by atoms with Gasteiger partial charge in [0, 0.05) is 17.4 Å². The van der Waals surface area contributed by atoms with E-state index in [9.17, 15) is 16.8 Å². The second-order valence-electron chi connectivity index (χ2n) is 6.26. The molecule has 0 bridgehead atoms. The average molecular weight is 449 g/mol. The molecule has 3 aromatic rings. The van der Waals surface area contributed by atoms with Crippen LogP contribution < -0.4 is 25.6 Å². The van der Waals surface area contributed by atoms with Gasteiger partial charge >= 0.3 is 0 Å². The Morgan fingerprint density at radius 3 is 1.53 bits per heavy atom. The van der Waals surface area contributed by atoms with Crippen molar-refractivity contribution < 1.29 is 21.6 Å². The van der Waals surface area contributed by atoms with Crippen molar-refractivity contribution in [3.8, 4) is 5.75 Å². The lowest BCUT2D eigenvalue weighted by molar-refractivity contribution is 0.415. The number of ether oxygens (including phenoxy) is 1. The molecule has 11 heteroatoms. The van der Waals surface area contributed by atoms with Gasteiger partial charge < -0.3 is 16.2 Å². The zero-order valence-electron chi connectivity index (χ0n) is 15.9. The van der Waals surface area contributed by atoms with E-state index in [-0.39, 0.29) is 21.2 Å². The van der Waals surface area contributed by atoms with Gasteiger partial charge in [-0.15, -0.1) is 0 Å². The van der Waals surface area contributed by atoms with Gasteiger partial charge in [0.05, 0.1) is 28.3 Å². The average Bonchev–Trinajstić information content (AvgIpc) is 2.69. The number of sulfonamides is 2. The zero-order valence-corrected chi connectivity index (χ0v) is 17.5. The molecular formula is C19H20N4O5S2. The van der Waals surface area contributed by atoms with Crippen molar-refractivity contribution in [3.05, 3.63) is 66.7 Å². The fraction of sp³-hybridized carbons (Fsp3) is 0.0526. The number of methoxy groups -OCH3 is 1. The van der Waals surface area contributed by atoms with E-state index in [1.165, 1.54) is 73.8 Å². The first kappa shape index (κ1) is 21.3. The maximum Gasteiger partial charge on any atom is 0.261 e. The molecule has 0 radical (unpaired) electrons. The van der Waals surface area contributed by atoms with Gasteiger partial charge in [-0.3, -0.25) is 9.44 Å². The van der Waals surface area contributed by atoms with E-state index in [0.29, 0.717) is 17.1 Å². The second-order valence-corrected chi connectivity index (χ2v) is 9.63. The van der Waals surface area contributed by atoms with Gasteiger partial charge in [0.15, 0.2) is 0 Å². The Labute approximate surface area is 174 Å². The highest BCUT2D eigenvalue weighted by atomic mass is 32.2. The molecule has 0 fully saturated rings. The molecule has 0 spiro atoms. The van der Waals surface area contributed by atoms with Gasteiger partial charge in [-0.2, -0.15) is 0 Å². The molecular weight excluding hydrogens is 428 g/mol. The molecule has 158 valence electrons. The van der Waals surface area contributed by atoms with E-state index in [1.54, 1.807) is 0 Å². The standard InChI is InChI=1S/C19H20N4O5S2/c1-28-15-6-11-18(22-29(24,25)16-7-2-13(20)3-8-16)19(12-15)23-30(26,27)17-9-4-14(21)5-10-17/h2-12,22-23H,20-21H2,1H3. The molecule has 9 nitrogen and oxygen atoms in total. The van der Waals surface area contributed by atoms with E-state index in [0.717, 1.165) is 0 Å². The number of anilines is 4. The Balaban J connectivity index is 1.98. The van der Waals surface area contributed by atoms with Crippen molar-refractivity contribution in [2.75, 3.05) is 28.0 Å². The Kier molecular flexibility index (Phi) is 5.76. The van der Waals surface area contributed by atoms with Crippen LogP contribution in [0.1, 0.15) is 0 Å². The first-order valence-corrected chi connectivity index (χ1v) is 11.5. The molecule has 0 aromatic heterocycles. The highest BCUT2D eigenvalue weighted by Gasteiger charge is 2.20. The summed E-state index contributed by atoms with van der Waals surface area (Å²) < 4.78 is 60.8. The summed E-state index contributed by atoms with van der Waals surface area (Å²) in [6.07, 6.45) is 0. The first-order chi connectivity index (χ1) is 14.1. The summed E-state index contributed by atoms with van der Waals surface area (Å²) in [5.41, 5.74) is 12.0. The normalized spacial score (nSPS) is 11.6. The largest absolute Gasteiger partial charge is 0.497 e. The van der Waals surface area contributed by atoms with Crippen molar-refractivity contribution in [3.63, 3.8) is 0 Å². The fourth-order valence-electron chi connectivity index (χ4n) is 2.53. The van der Waals surface area contributed by atoms with Gasteiger partial charge in [0.25, 0.3) is 20.0 Å². The fourth-order valence-corrected chi connectivity index (χ4v) is 4.68. The monoisotopic (exact) mass is 448 g/mol. The molecule has 0 saturated heterocycles. The van der Waals surface area contributed by atoms with Crippen molar-refractivity contribution >= 4 is 42.8 Å². The van der Waals surface area contributed by atoms with Crippen LogP contribution in [0.4, 0.5) is 22.7 Å². The smallest absolute Gasteiger partial charge is 0.261 e. The molecule has 30 heavy (non-hydrogen) atoms. The summed E-state index contributed by atoms with van der Waals surface area (Å²) in [7, 11) is -6.60. The topological polar surface area (TPSA) is 154 Å². The van der Waals surface area contributed by atoms with Gasteiger partial charge in [-0.25, -0.2) is 16.8 Å². The van der Waals surface area contributed by atoms with Crippen molar-refractivity contribution in [1.29, 1.82) is 0 Å². The highest BCUT2D eigenvalue weighted by molar-refractivity contribution is 7.93. The summed E-state index contributed by atoms with van der Waals surface area (Å²) in [6.45, 7) is 0. The van der Waals surface area contributed by atoms with Gasteiger partial charge in [0.1, 0.15) is 5.75 Å². The number of nitrogens with one attached hydrogen (secondary N) is 2. The third kappa shape index (κ3) is 4.75. The van der Waals surface area contributed by atoms with Gasteiger partial charge in [-0.05, 0) is 60.7 Å². The third-order valence-corrected chi connectivity index (χ3v) is 6.86. The summed E-state index contributed by atoms with van der Waals surface area (Å²) >= 11 is 0. The minimum atomic E-state index is -4.02. The van der Waals surface area contributed by atoms with Crippen LogP contribution in [-0.2, 0) is 20.0 Å². The number of hydrogen-bond acceptors (Lipinski definition) is 7. The van der Waals surface area contributed by atoms with Crippen LogP contribution in [0, 0.1) is 0 Å². The number of hydrogen-bond donors (Lipinski definition) is 4. The Morgan fingerprint density at radius 1 is 0.667 bits per heavy atom. The molecule has 3 aromatic carbocycles. The first-order valence-electron chi connectivity index (χ1n) is 8.55. The van der Waals surface area contributed by atoms with Crippen LogP contribution in [0.5, 0.6) is 5.75 Å². The highest BCUT2D eigenvalue weighted by Crippen LogP contribution is 2.31. The van der Waals surface area contributed by atoms with Crippen molar-refractivity contribution in [2.45, 2.75) is 9.79 Å². The van der Waals surface area contributed by atoms with Crippen LogP contribution in [0.3, 0.4) is 0 Å². The molecule has 3 rings (SSSR count). The third-order valence-electron chi connectivity index (χ3n) is 4.10. The summed E-state index contributed by atoms with van der Waals surface area (Å²) in [4.78, 5) is -0.0632. The lowest BCUT2D eigenvalue weighted by Gasteiger charge is -2.16. The van der Waals surface area contributed by atoms with Crippen molar-refractivity contribution in [1.82, 2.24) is 0 Å². The lowest BCUT2D eigenvalue weighted by atomic mass is 10.2. The summed E-state index contributed by atoms with van der Waals surface area (Å²) in [5.74, 6) is 0.334. The molecule has 0 amide bonds. The quantitative estimate of drug-likeness (QED) is 0.405. The van der Waals surface area contributed by atoms with Crippen LogP contribution in [0.15, 0.2) is 76.5 Å². The van der Waals surface area contributed by atoms with Crippen LogP contribution in [0.25, 0.3) is 0 Å². The van der Waals surface area contributed by atoms with E-state index in [1.807, 2.05) is 0 Å². The molecule has 0 saturated carbocycles. The minimum Gasteiger partial charge on any atom is -0.497 e. The molecule has 0 unspecified atom stereocenters. The maximum atomic E-state index is 12.8. The molecule has 0 aliphatic rings. The predicted octanol–water partition coefficient (Wildman–Crippen LogP) is 2.46. The second kappa shape index (κ2) is 8.13. The number of rotatable bonds is 7. The van der Waals surface area contributed by atoms with Crippen LogP contribution in [0.2, 0.25) is 0 Å². The predicted molar refractivity (Wildman–Crippen MR) is 116 cm³/mol. The molecule has 0 aliphatic carbocycles. The summed E-state index contributed by atoms with van der Waals surface area (Å²) in [5, 5.41) is 0. The van der Waals surface area contributed by atoms with Gasteiger partial charge in [0.2, 0.25) is 0 Å². The van der Waals surface area contributed by atoms with E-state index in [4.69, 9.17) is 16.2 Å². The number of benzene rings is 3. The Morgan fingerprint density at radius 2 is 1.10 bits per heavy atom. The maximum absolute atomic E-state index is 12.8. The van der Waals surface area contributed by atoms with Crippen LogP contribution in [-0.4, -0.2) is 23.9 Å². The molecule has 6 N–H and O–H groups in total. The Bertz CT molecular complexity index is 1260. The lowest BCUT2D eigenvalue weighted by Crippen LogP contribution is -2.17. The van der Waals surface area contributed by atoms with E-state index < -0.39 is 20.0 Å². The SMILES string of the molecule is COc1ccc(NS(=O)(=O)c2ccc(N)cc2)c(NS(=O)(=O)c2ccc(N)cc2)c1. The van der Waals surface area contributed by atoms with E-state index >= 15 is 0 Å².